The zero-order chi connectivity index (χ0) is 14.6. The van der Waals surface area contributed by atoms with E-state index in [0.717, 1.165) is 17.1 Å². The lowest BCUT2D eigenvalue weighted by Gasteiger charge is -2.25. The van der Waals surface area contributed by atoms with Crippen molar-refractivity contribution >= 4 is 17.4 Å². The Hall–Kier alpha value is -1.10. The zero-order valence-corrected chi connectivity index (χ0v) is 13.4. The van der Waals surface area contributed by atoms with E-state index in [2.05, 4.69) is 24.1 Å². The molecule has 0 spiro atoms. The van der Waals surface area contributed by atoms with E-state index in [1.807, 2.05) is 33.1 Å². The third kappa shape index (κ3) is 5.19. The molecule has 1 aromatic heterocycles. The SMILES string of the molecule is CC[C@H](C)[C@H](NC(=O)OC(C)(C)C)c1nc(C)cs1. The molecular formula is C14H24N2O2S. The molecule has 1 amide bonds. The summed E-state index contributed by atoms with van der Waals surface area (Å²) < 4.78 is 5.32. The van der Waals surface area contributed by atoms with Crippen molar-refractivity contribution in [3.05, 3.63) is 16.1 Å². The molecule has 19 heavy (non-hydrogen) atoms. The summed E-state index contributed by atoms with van der Waals surface area (Å²) in [6.07, 6.45) is 0.588. The Morgan fingerprint density at radius 1 is 1.53 bits per heavy atom. The molecule has 1 N–H and O–H groups in total. The van der Waals surface area contributed by atoms with Crippen LogP contribution in [-0.2, 0) is 4.74 Å². The second kappa shape index (κ2) is 6.37. The molecule has 1 aromatic rings. The van der Waals surface area contributed by atoms with Gasteiger partial charge in [-0.25, -0.2) is 9.78 Å². The quantitative estimate of drug-likeness (QED) is 0.907. The van der Waals surface area contributed by atoms with Gasteiger partial charge in [-0.2, -0.15) is 0 Å². The van der Waals surface area contributed by atoms with Crippen LogP contribution in [0.1, 0.15) is 57.8 Å². The van der Waals surface area contributed by atoms with Gasteiger partial charge in [-0.05, 0) is 33.6 Å². The predicted octanol–water partition coefficient (Wildman–Crippen LogP) is 4.06. The average molecular weight is 284 g/mol. The lowest BCUT2D eigenvalue weighted by molar-refractivity contribution is 0.0486. The first-order valence-corrected chi connectivity index (χ1v) is 7.52. The molecule has 0 saturated heterocycles. The van der Waals surface area contributed by atoms with E-state index < -0.39 is 5.60 Å². The van der Waals surface area contributed by atoms with Crippen LogP contribution >= 0.6 is 11.3 Å². The molecule has 0 aliphatic heterocycles. The van der Waals surface area contributed by atoms with E-state index in [-0.39, 0.29) is 12.1 Å². The molecule has 4 nitrogen and oxygen atoms in total. The maximum absolute atomic E-state index is 11.9. The summed E-state index contributed by atoms with van der Waals surface area (Å²) in [4.78, 5) is 16.4. The molecule has 0 aliphatic carbocycles. The van der Waals surface area contributed by atoms with E-state index >= 15 is 0 Å². The highest BCUT2D eigenvalue weighted by molar-refractivity contribution is 7.09. The van der Waals surface area contributed by atoms with Gasteiger partial charge in [-0.3, -0.25) is 0 Å². The van der Waals surface area contributed by atoms with E-state index in [9.17, 15) is 4.79 Å². The van der Waals surface area contributed by atoms with Crippen LogP contribution < -0.4 is 5.32 Å². The van der Waals surface area contributed by atoms with E-state index in [4.69, 9.17) is 4.74 Å². The normalized spacial score (nSPS) is 14.8. The second-order valence-electron chi connectivity index (χ2n) is 5.84. The number of alkyl carbamates (subject to hydrolysis) is 1. The zero-order valence-electron chi connectivity index (χ0n) is 12.6. The van der Waals surface area contributed by atoms with E-state index in [0.29, 0.717) is 5.92 Å². The van der Waals surface area contributed by atoms with Gasteiger partial charge in [0.15, 0.2) is 0 Å². The monoisotopic (exact) mass is 284 g/mol. The van der Waals surface area contributed by atoms with E-state index in [1.165, 1.54) is 0 Å². The fraction of sp³-hybridized carbons (Fsp3) is 0.714. The molecule has 0 fully saturated rings. The van der Waals surface area contributed by atoms with Crippen LogP contribution in [0.3, 0.4) is 0 Å². The van der Waals surface area contributed by atoms with Crippen molar-refractivity contribution in [2.24, 2.45) is 5.92 Å². The fourth-order valence-electron chi connectivity index (χ4n) is 1.63. The lowest BCUT2D eigenvalue weighted by atomic mass is 10.00. The van der Waals surface area contributed by atoms with Crippen molar-refractivity contribution in [3.63, 3.8) is 0 Å². The van der Waals surface area contributed by atoms with Gasteiger partial charge in [0, 0.05) is 11.1 Å². The number of nitrogens with one attached hydrogen (secondary N) is 1. The third-order valence-corrected chi connectivity index (χ3v) is 3.83. The molecule has 0 radical (unpaired) electrons. The van der Waals surface area contributed by atoms with Crippen LogP contribution in [0.15, 0.2) is 5.38 Å². The molecule has 1 rings (SSSR count). The molecule has 0 aromatic carbocycles. The first-order chi connectivity index (χ1) is 8.73. The number of rotatable bonds is 4. The Kier molecular flexibility index (Phi) is 5.35. The largest absolute Gasteiger partial charge is 0.444 e. The van der Waals surface area contributed by atoms with Gasteiger partial charge < -0.3 is 10.1 Å². The van der Waals surface area contributed by atoms with Gasteiger partial charge in [0.2, 0.25) is 0 Å². The van der Waals surface area contributed by atoms with Crippen molar-refractivity contribution in [1.29, 1.82) is 0 Å². The Balaban J connectivity index is 2.79. The minimum Gasteiger partial charge on any atom is -0.444 e. The van der Waals surface area contributed by atoms with Gasteiger partial charge in [0.05, 0.1) is 6.04 Å². The molecule has 5 heteroatoms. The van der Waals surface area contributed by atoms with Crippen LogP contribution in [0.25, 0.3) is 0 Å². The van der Waals surface area contributed by atoms with Crippen LogP contribution in [-0.4, -0.2) is 16.7 Å². The molecule has 2 atom stereocenters. The summed E-state index contributed by atoms with van der Waals surface area (Å²) in [6.45, 7) is 11.8. The van der Waals surface area contributed by atoms with Crippen LogP contribution in [0, 0.1) is 12.8 Å². The summed E-state index contributed by atoms with van der Waals surface area (Å²) in [7, 11) is 0. The predicted molar refractivity (Wildman–Crippen MR) is 78.4 cm³/mol. The lowest BCUT2D eigenvalue weighted by Crippen LogP contribution is -2.37. The van der Waals surface area contributed by atoms with Crippen molar-refractivity contribution in [1.82, 2.24) is 10.3 Å². The second-order valence-corrected chi connectivity index (χ2v) is 6.73. The number of hydrogen-bond acceptors (Lipinski definition) is 4. The van der Waals surface area contributed by atoms with Gasteiger partial charge >= 0.3 is 6.09 Å². The van der Waals surface area contributed by atoms with Crippen molar-refractivity contribution < 1.29 is 9.53 Å². The van der Waals surface area contributed by atoms with Crippen molar-refractivity contribution in [2.45, 2.75) is 59.6 Å². The topological polar surface area (TPSA) is 51.2 Å². The number of ether oxygens (including phenoxy) is 1. The van der Waals surface area contributed by atoms with Crippen LogP contribution in [0.5, 0.6) is 0 Å². The molecule has 1 heterocycles. The summed E-state index contributed by atoms with van der Waals surface area (Å²) in [5, 5.41) is 5.88. The minimum atomic E-state index is -0.483. The number of nitrogens with zero attached hydrogens (tertiary/aromatic N) is 1. The number of hydrogen-bond donors (Lipinski definition) is 1. The third-order valence-electron chi connectivity index (χ3n) is 2.79. The summed E-state index contributed by atoms with van der Waals surface area (Å²) >= 11 is 1.58. The maximum atomic E-state index is 11.9. The highest BCUT2D eigenvalue weighted by atomic mass is 32.1. The number of aryl methyl sites for hydroxylation is 1. The molecule has 0 aliphatic rings. The average Bonchev–Trinajstić information content (AvgIpc) is 2.69. The number of amides is 1. The highest BCUT2D eigenvalue weighted by Gasteiger charge is 2.25. The Morgan fingerprint density at radius 2 is 2.16 bits per heavy atom. The van der Waals surface area contributed by atoms with Gasteiger partial charge in [0.1, 0.15) is 10.6 Å². The molecule has 0 unspecified atom stereocenters. The number of thiazole rings is 1. The molecule has 0 saturated carbocycles. The summed E-state index contributed by atoms with van der Waals surface area (Å²) in [5.41, 5.74) is 0.502. The van der Waals surface area contributed by atoms with Gasteiger partial charge in [-0.1, -0.05) is 20.3 Å². The Bertz CT molecular complexity index is 423. The Morgan fingerprint density at radius 3 is 2.58 bits per heavy atom. The molecular weight excluding hydrogens is 260 g/mol. The van der Waals surface area contributed by atoms with Gasteiger partial charge in [0.25, 0.3) is 0 Å². The van der Waals surface area contributed by atoms with Crippen LogP contribution in [0.2, 0.25) is 0 Å². The summed E-state index contributed by atoms with van der Waals surface area (Å²) in [5.74, 6) is 0.318. The van der Waals surface area contributed by atoms with Crippen molar-refractivity contribution in [3.8, 4) is 0 Å². The summed E-state index contributed by atoms with van der Waals surface area (Å²) in [6, 6.07) is -0.0847. The van der Waals surface area contributed by atoms with Crippen molar-refractivity contribution in [2.75, 3.05) is 0 Å². The highest BCUT2D eigenvalue weighted by Crippen LogP contribution is 2.27. The fourth-order valence-corrected chi connectivity index (χ4v) is 2.61. The Labute approximate surface area is 119 Å². The number of carbonyl (C=O) groups is 1. The van der Waals surface area contributed by atoms with Crippen LogP contribution in [0.4, 0.5) is 4.79 Å². The molecule has 0 bridgehead atoms. The first kappa shape index (κ1) is 16.0. The van der Waals surface area contributed by atoms with E-state index in [1.54, 1.807) is 11.3 Å². The van der Waals surface area contributed by atoms with Gasteiger partial charge in [-0.15, -0.1) is 11.3 Å². The minimum absolute atomic E-state index is 0.0847. The first-order valence-electron chi connectivity index (χ1n) is 6.64. The smallest absolute Gasteiger partial charge is 0.408 e. The standard InChI is InChI=1S/C14H24N2O2S/c1-7-9(2)11(12-15-10(3)8-19-12)16-13(17)18-14(4,5)6/h8-9,11H,7H2,1-6H3,(H,16,17)/t9-,11-/m0/s1. The maximum Gasteiger partial charge on any atom is 0.408 e. The molecule has 108 valence electrons. The number of carbonyl (C=O) groups excluding carboxylic acids is 1. The number of aromatic nitrogens is 1.